The van der Waals surface area contributed by atoms with Crippen LogP contribution in [0.4, 0.5) is 10.1 Å². The number of rotatable bonds is 7. The summed E-state index contributed by atoms with van der Waals surface area (Å²) in [5.74, 6) is -0.230. The number of nitrogens with one attached hydrogen (secondary N) is 2. The summed E-state index contributed by atoms with van der Waals surface area (Å²) in [5.41, 5.74) is 1.51. The number of hydrogen-bond donors (Lipinski definition) is 2. The minimum Gasteiger partial charge on any atom is -0.484 e. The van der Waals surface area contributed by atoms with Crippen molar-refractivity contribution in [2.75, 3.05) is 11.9 Å². The Morgan fingerprint density at radius 2 is 1.68 bits per heavy atom. The number of amides is 2. The average molecular weight is 342 g/mol. The summed E-state index contributed by atoms with van der Waals surface area (Å²) in [6, 6.07) is 12.9. The third-order valence-electron chi connectivity index (χ3n) is 3.73. The van der Waals surface area contributed by atoms with E-state index in [1.165, 1.54) is 24.3 Å². The molecule has 0 radical (unpaired) electrons. The summed E-state index contributed by atoms with van der Waals surface area (Å²) in [6.07, 6.45) is 2.46. The zero-order chi connectivity index (χ0) is 17.6. The molecule has 0 bridgehead atoms. The van der Waals surface area contributed by atoms with Crippen LogP contribution in [-0.4, -0.2) is 24.5 Å². The van der Waals surface area contributed by atoms with Crippen LogP contribution >= 0.6 is 0 Å². The predicted octanol–water partition coefficient (Wildman–Crippen LogP) is 2.66. The van der Waals surface area contributed by atoms with Crippen molar-refractivity contribution in [1.82, 2.24) is 5.32 Å². The van der Waals surface area contributed by atoms with E-state index < -0.39 is 0 Å². The predicted molar refractivity (Wildman–Crippen MR) is 91.8 cm³/mol. The number of carbonyl (C=O) groups excluding carboxylic acids is 2. The van der Waals surface area contributed by atoms with Crippen LogP contribution in [0.25, 0.3) is 0 Å². The van der Waals surface area contributed by atoms with Crippen LogP contribution in [-0.2, 0) is 16.0 Å². The third kappa shape index (κ3) is 5.60. The molecule has 0 aliphatic heterocycles. The van der Waals surface area contributed by atoms with Crippen molar-refractivity contribution in [1.29, 1.82) is 0 Å². The fourth-order valence-electron chi connectivity index (χ4n) is 2.27. The Hall–Kier alpha value is -2.89. The van der Waals surface area contributed by atoms with Gasteiger partial charge in [-0.2, -0.15) is 0 Å². The summed E-state index contributed by atoms with van der Waals surface area (Å²) in [4.78, 5) is 23.6. The highest BCUT2D eigenvalue weighted by Gasteiger charge is 2.22. The van der Waals surface area contributed by atoms with E-state index in [-0.39, 0.29) is 24.2 Å². The van der Waals surface area contributed by atoms with Crippen molar-refractivity contribution in [3.63, 3.8) is 0 Å². The molecule has 130 valence electrons. The summed E-state index contributed by atoms with van der Waals surface area (Å²) >= 11 is 0. The van der Waals surface area contributed by atoms with Crippen LogP contribution in [0.15, 0.2) is 48.5 Å². The lowest BCUT2D eigenvalue weighted by molar-refractivity contribution is -0.120. The van der Waals surface area contributed by atoms with Gasteiger partial charge in [0.15, 0.2) is 6.61 Å². The molecule has 2 N–H and O–H groups in total. The van der Waals surface area contributed by atoms with Crippen molar-refractivity contribution in [3.8, 4) is 5.75 Å². The lowest BCUT2D eigenvalue weighted by Gasteiger charge is -2.08. The maximum Gasteiger partial charge on any atom is 0.262 e. The molecule has 25 heavy (non-hydrogen) atoms. The van der Waals surface area contributed by atoms with E-state index >= 15 is 0 Å². The molecule has 0 saturated heterocycles. The van der Waals surface area contributed by atoms with Crippen LogP contribution in [0, 0.1) is 5.82 Å². The third-order valence-corrected chi connectivity index (χ3v) is 3.73. The molecule has 1 fully saturated rings. The molecule has 0 atom stereocenters. The second-order valence-electron chi connectivity index (χ2n) is 6.01. The highest BCUT2D eigenvalue weighted by atomic mass is 19.1. The normalized spacial score (nSPS) is 13.2. The summed E-state index contributed by atoms with van der Waals surface area (Å²) < 4.78 is 18.1. The van der Waals surface area contributed by atoms with Gasteiger partial charge in [-0.1, -0.05) is 12.1 Å². The first kappa shape index (κ1) is 17.0. The van der Waals surface area contributed by atoms with E-state index in [2.05, 4.69) is 10.6 Å². The van der Waals surface area contributed by atoms with Gasteiger partial charge in [0, 0.05) is 11.7 Å². The van der Waals surface area contributed by atoms with Gasteiger partial charge in [0.2, 0.25) is 5.91 Å². The Labute approximate surface area is 145 Å². The molecule has 6 heteroatoms. The molecule has 0 heterocycles. The van der Waals surface area contributed by atoms with Crippen molar-refractivity contribution in [2.45, 2.75) is 25.3 Å². The molecule has 1 saturated carbocycles. The second kappa shape index (κ2) is 7.79. The van der Waals surface area contributed by atoms with Crippen LogP contribution in [0.5, 0.6) is 5.75 Å². The Morgan fingerprint density at radius 1 is 1.00 bits per heavy atom. The SMILES string of the molecule is O=C(COc1ccc(F)cc1)Nc1ccc(CC(=O)NC2CC2)cc1. The first-order valence-corrected chi connectivity index (χ1v) is 8.15. The Bertz CT molecular complexity index is 740. The van der Waals surface area contributed by atoms with Gasteiger partial charge in [0.1, 0.15) is 11.6 Å². The highest BCUT2D eigenvalue weighted by Crippen LogP contribution is 2.19. The molecule has 0 aromatic heterocycles. The molecule has 2 amide bonds. The van der Waals surface area contributed by atoms with Gasteiger partial charge in [-0.15, -0.1) is 0 Å². The van der Waals surface area contributed by atoms with Crippen LogP contribution in [0.3, 0.4) is 0 Å². The van der Waals surface area contributed by atoms with Crippen molar-refractivity contribution >= 4 is 17.5 Å². The lowest BCUT2D eigenvalue weighted by atomic mass is 10.1. The Morgan fingerprint density at radius 3 is 2.32 bits per heavy atom. The molecule has 1 aliphatic rings. The van der Waals surface area contributed by atoms with Gasteiger partial charge >= 0.3 is 0 Å². The fourth-order valence-corrected chi connectivity index (χ4v) is 2.27. The highest BCUT2D eigenvalue weighted by molar-refractivity contribution is 5.92. The topological polar surface area (TPSA) is 67.4 Å². The summed E-state index contributed by atoms with van der Waals surface area (Å²) in [6.45, 7) is -0.169. The number of carbonyl (C=O) groups is 2. The van der Waals surface area contributed by atoms with Crippen LogP contribution in [0.2, 0.25) is 0 Å². The zero-order valence-corrected chi connectivity index (χ0v) is 13.6. The molecule has 0 spiro atoms. The maximum atomic E-state index is 12.8. The fraction of sp³-hybridized carbons (Fsp3) is 0.263. The van der Waals surface area contributed by atoms with Gasteiger partial charge in [0.05, 0.1) is 6.42 Å². The monoisotopic (exact) mass is 342 g/mol. The second-order valence-corrected chi connectivity index (χ2v) is 6.01. The molecule has 5 nitrogen and oxygen atoms in total. The minimum atomic E-state index is -0.359. The van der Waals surface area contributed by atoms with Crippen LogP contribution in [0.1, 0.15) is 18.4 Å². The minimum absolute atomic E-state index is 0.0204. The largest absolute Gasteiger partial charge is 0.484 e. The van der Waals surface area contributed by atoms with Crippen LogP contribution < -0.4 is 15.4 Å². The molecular weight excluding hydrogens is 323 g/mol. The lowest BCUT2D eigenvalue weighted by Crippen LogP contribution is -2.26. The number of ether oxygens (including phenoxy) is 1. The Kier molecular flexibility index (Phi) is 5.28. The van der Waals surface area contributed by atoms with Crippen molar-refractivity contribution in [3.05, 3.63) is 59.9 Å². The maximum absolute atomic E-state index is 12.8. The van der Waals surface area contributed by atoms with E-state index in [1.807, 2.05) is 12.1 Å². The summed E-state index contributed by atoms with van der Waals surface area (Å²) in [7, 11) is 0. The first-order chi connectivity index (χ1) is 12.1. The number of halogens is 1. The van der Waals surface area contributed by atoms with E-state index in [9.17, 15) is 14.0 Å². The van der Waals surface area contributed by atoms with E-state index in [4.69, 9.17) is 4.74 Å². The molecule has 0 unspecified atom stereocenters. The molecular formula is C19H19FN2O3. The number of hydrogen-bond acceptors (Lipinski definition) is 3. The molecule has 2 aromatic carbocycles. The molecule has 1 aliphatic carbocycles. The van der Waals surface area contributed by atoms with Gasteiger partial charge < -0.3 is 15.4 Å². The van der Waals surface area contributed by atoms with E-state index in [1.54, 1.807) is 12.1 Å². The van der Waals surface area contributed by atoms with E-state index in [0.29, 0.717) is 23.9 Å². The number of anilines is 1. The van der Waals surface area contributed by atoms with Gasteiger partial charge in [-0.3, -0.25) is 9.59 Å². The Balaban J connectivity index is 1.44. The standard InChI is InChI=1S/C19H19FN2O3/c20-14-3-9-17(10-4-14)25-12-19(24)22-15-5-1-13(2-6-15)11-18(23)21-16-7-8-16/h1-6,9-10,16H,7-8,11-12H2,(H,21,23)(H,22,24). The van der Waals surface area contributed by atoms with Crippen molar-refractivity contribution < 1.29 is 18.7 Å². The molecule has 3 rings (SSSR count). The number of benzene rings is 2. The van der Waals surface area contributed by atoms with Crippen molar-refractivity contribution in [2.24, 2.45) is 0 Å². The van der Waals surface area contributed by atoms with Gasteiger partial charge in [-0.25, -0.2) is 4.39 Å². The first-order valence-electron chi connectivity index (χ1n) is 8.15. The average Bonchev–Trinajstić information content (AvgIpc) is 3.40. The smallest absolute Gasteiger partial charge is 0.262 e. The van der Waals surface area contributed by atoms with E-state index in [0.717, 1.165) is 18.4 Å². The van der Waals surface area contributed by atoms with Gasteiger partial charge in [0.25, 0.3) is 5.91 Å². The zero-order valence-electron chi connectivity index (χ0n) is 13.6. The quantitative estimate of drug-likeness (QED) is 0.813. The van der Waals surface area contributed by atoms with Gasteiger partial charge in [-0.05, 0) is 54.8 Å². The summed E-state index contributed by atoms with van der Waals surface area (Å²) in [5, 5.41) is 5.64. The molecule has 2 aromatic rings.